The van der Waals surface area contributed by atoms with Gasteiger partial charge in [0.05, 0.1) is 0 Å². The van der Waals surface area contributed by atoms with Crippen molar-refractivity contribution in [1.29, 1.82) is 0 Å². The minimum Gasteiger partial charge on any atom is -0.306 e. The molecular weight excluding hydrogens is 353 g/mol. The van der Waals surface area contributed by atoms with Crippen molar-refractivity contribution in [1.82, 2.24) is 5.32 Å². The van der Waals surface area contributed by atoms with Gasteiger partial charge in [0.1, 0.15) is 0 Å². The van der Waals surface area contributed by atoms with Crippen molar-refractivity contribution in [3.63, 3.8) is 0 Å². The highest BCUT2D eigenvalue weighted by Gasteiger charge is 2.03. The van der Waals surface area contributed by atoms with Crippen LogP contribution in [0, 0.1) is 3.57 Å². The van der Waals surface area contributed by atoms with Gasteiger partial charge in [0, 0.05) is 20.6 Å². The van der Waals surface area contributed by atoms with Crippen LogP contribution in [0.4, 0.5) is 0 Å². The van der Waals surface area contributed by atoms with Crippen molar-refractivity contribution in [2.24, 2.45) is 0 Å². The number of hydrogen-bond donors (Lipinski definition) is 1. The summed E-state index contributed by atoms with van der Waals surface area (Å²) in [6.07, 6.45) is 0. The minimum absolute atomic E-state index is 0.362. The van der Waals surface area contributed by atoms with Gasteiger partial charge < -0.3 is 5.32 Å². The van der Waals surface area contributed by atoms with Crippen LogP contribution in [0.25, 0.3) is 0 Å². The van der Waals surface area contributed by atoms with E-state index in [-0.39, 0.29) is 0 Å². The van der Waals surface area contributed by atoms with Gasteiger partial charge in [-0.05, 0) is 47.2 Å². The Morgan fingerprint density at radius 3 is 2.57 bits per heavy atom. The molecule has 0 aromatic heterocycles. The fourth-order valence-corrected chi connectivity index (χ4v) is 1.65. The van der Waals surface area contributed by atoms with Crippen LogP contribution in [0.15, 0.2) is 35.3 Å². The Morgan fingerprint density at radius 2 is 2.07 bits per heavy atom. The Kier molecular flexibility index (Phi) is 5.12. The van der Waals surface area contributed by atoms with Crippen molar-refractivity contribution in [2.45, 2.75) is 13.0 Å². The molecule has 1 aromatic rings. The monoisotopic (exact) mass is 365 g/mol. The summed E-state index contributed by atoms with van der Waals surface area (Å²) in [6, 6.07) is 8.90. The highest BCUT2D eigenvalue weighted by atomic mass is 127. The molecule has 0 spiro atoms. The van der Waals surface area contributed by atoms with Crippen molar-refractivity contribution in [3.05, 3.63) is 44.5 Å². The van der Waals surface area contributed by atoms with E-state index in [0.29, 0.717) is 6.04 Å². The molecule has 14 heavy (non-hydrogen) atoms. The van der Waals surface area contributed by atoms with Gasteiger partial charge in [-0.1, -0.05) is 34.6 Å². The molecule has 0 radical (unpaired) electrons. The summed E-state index contributed by atoms with van der Waals surface area (Å²) in [5.41, 5.74) is 1.30. The molecule has 0 bridgehead atoms. The molecular formula is C11H13BrIN. The van der Waals surface area contributed by atoms with Crippen molar-refractivity contribution in [2.75, 3.05) is 6.54 Å². The Hall–Kier alpha value is 0.130. The summed E-state index contributed by atoms with van der Waals surface area (Å²) in [5.74, 6) is 0. The number of halogens is 2. The zero-order chi connectivity index (χ0) is 10.6. The molecule has 76 valence electrons. The van der Waals surface area contributed by atoms with Gasteiger partial charge in [0.15, 0.2) is 0 Å². The molecule has 1 aromatic carbocycles. The van der Waals surface area contributed by atoms with Gasteiger partial charge >= 0.3 is 0 Å². The molecule has 3 heteroatoms. The van der Waals surface area contributed by atoms with E-state index < -0.39 is 0 Å². The summed E-state index contributed by atoms with van der Waals surface area (Å²) in [7, 11) is 0. The molecule has 0 aliphatic heterocycles. The van der Waals surface area contributed by atoms with E-state index in [1.165, 1.54) is 9.13 Å². The molecule has 0 aliphatic rings. The number of rotatable bonds is 4. The average Bonchev–Trinajstić information content (AvgIpc) is 2.15. The maximum atomic E-state index is 3.79. The van der Waals surface area contributed by atoms with Gasteiger partial charge in [-0.3, -0.25) is 0 Å². The van der Waals surface area contributed by atoms with Crippen LogP contribution in [-0.4, -0.2) is 6.54 Å². The zero-order valence-corrected chi connectivity index (χ0v) is 11.8. The van der Waals surface area contributed by atoms with Gasteiger partial charge in [0.25, 0.3) is 0 Å². The Bertz CT molecular complexity index is 308. The first kappa shape index (κ1) is 12.2. The van der Waals surface area contributed by atoms with E-state index in [4.69, 9.17) is 0 Å². The van der Waals surface area contributed by atoms with E-state index in [1.807, 2.05) is 0 Å². The van der Waals surface area contributed by atoms with Crippen LogP contribution in [0.5, 0.6) is 0 Å². The van der Waals surface area contributed by atoms with Gasteiger partial charge in [0.2, 0.25) is 0 Å². The lowest BCUT2D eigenvalue weighted by Gasteiger charge is -2.13. The zero-order valence-electron chi connectivity index (χ0n) is 8.06. The molecule has 1 N–H and O–H groups in total. The second-order valence-electron chi connectivity index (χ2n) is 3.17. The fourth-order valence-electron chi connectivity index (χ4n) is 1.13. The molecule has 0 aliphatic carbocycles. The SMILES string of the molecule is C=C(Br)CNC(C)c1ccc(I)cc1. The van der Waals surface area contributed by atoms with Crippen LogP contribution >= 0.6 is 38.5 Å². The fraction of sp³-hybridized carbons (Fsp3) is 0.273. The quantitative estimate of drug-likeness (QED) is 0.799. The minimum atomic E-state index is 0.362. The maximum Gasteiger partial charge on any atom is 0.0295 e. The summed E-state index contributed by atoms with van der Waals surface area (Å²) in [4.78, 5) is 0. The predicted molar refractivity (Wildman–Crippen MR) is 73.6 cm³/mol. The van der Waals surface area contributed by atoms with Crippen LogP contribution in [0.2, 0.25) is 0 Å². The smallest absolute Gasteiger partial charge is 0.0295 e. The largest absolute Gasteiger partial charge is 0.306 e. The third-order valence-electron chi connectivity index (χ3n) is 1.97. The van der Waals surface area contributed by atoms with Crippen molar-refractivity contribution < 1.29 is 0 Å². The summed E-state index contributed by atoms with van der Waals surface area (Å²) in [6.45, 7) is 6.74. The van der Waals surface area contributed by atoms with E-state index in [1.54, 1.807) is 0 Å². The molecule has 0 saturated carbocycles. The Balaban J connectivity index is 2.56. The molecule has 1 rings (SSSR count). The van der Waals surface area contributed by atoms with E-state index >= 15 is 0 Å². The lowest BCUT2D eigenvalue weighted by Crippen LogP contribution is -2.19. The molecule has 0 saturated heterocycles. The van der Waals surface area contributed by atoms with E-state index in [0.717, 1.165) is 11.0 Å². The summed E-state index contributed by atoms with van der Waals surface area (Å²) >= 11 is 5.64. The molecule has 0 amide bonds. The average molecular weight is 366 g/mol. The highest BCUT2D eigenvalue weighted by molar-refractivity contribution is 14.1. The van der Waals surface area contributed by atoms with Crippen molar-refractivity contribution in [3.8, 4) is 0 Å². The molecule has 1 atom stereocenters. The lowest BCUT2D eigenvalue weighted by molar-refractivity contribution is 0.616. The number of nitrogens with one attached hydrogen (secondary N) is 1. The predicted octanol–water partition coefficient (Wildman–Crippen LogP) is 3.85. The Morgan fingerprint density at radius 1 is 1.50 bits per heavy atom. The lowest BCUT2D eigenvalue weighted by atomic mass is 10.1. The second-order valence-corrected chi connectivity index (χ2v) is 5.54. The first-order chi connectivity index (χ1) is 6.59. The summed E-state index contributed by atoms with van der Waals surface area (Å²) in [5, 5.41) is 3.37. The van der Waals surface area contributed by atoms with Gasteiger partial charge in [-0.25, -0.2) is 0 Å². The second kappa shape index (κ2) is 5.88. The number of hydrogen-bond acceptors (Lipinski definition) is 1. The molecule has 0 heterocycles. The van der Waals surface area contributed by atoms with Crippen LogP contribution < -0.4 is 5.32 Å². The Labute approximate surface area is 107 Å². The first-order valence-electron chi connectivity index (χ1n) is 4.41. The number of benzene rings is 1. The van der Waals surface area contributed by atoms with Crippen LogP contribution in [-0.2, 0) is 0 Å². The standard InChI is InChI=1S/C11H13BrIN/c1-8(12)7-14-9(2)10-3-5-11(13)6-4-10/h3-6,9,14H,1,7H2,2H3. The van der Waals surface area contributed by atoms with Gasteiger partial charge in [-0.2, -0.15) is 0 Å². The normalized spacial score (nSPS) is 12.5. The third kappa shape index (κ3) is 4.11. The molecule has 1 nitrogen and oxygen atoms in total. The van der Waals surface area contributed by atoms with Gasteiger partial charge in [-0.15, -0.1) is 0 Å². The van der Waals surface area contributed by atoms with E-state index in [2.05, 4.69) is 81.6 Å². The van der Waals surface area contributed by atoms with Crippen LogP contribution in [0.1, 0.15) is 18.5 Å². The van der Waals surface area contributed by atoms with E-state index in [9.17, 15) is 0 Å². The van der Waals surface area contributed by atoms with Crippen LogP contribution in [0.3, 0.4) is 0 Å². The first-order valence-corrected chi connectivity index (χ1v) is 6.29. The topological polar surface area (TPSA) is 12.0 Å². The molecule has 1 unspecified atom stereocenters. The molecule has 0 fully saturated rings. The van der Waals surface area contributed by atoms with Crippen molar-refractivity contribution >= 4 is 38.5 Å². The summed E-state index contributed by atoms with van der Waals surface area (Å²) < 4.78 is 2.25. The third-order valence-corrected chi connectivity index (χ3v) is 2.97. The maximum absolute atomic E-state index is 3.79. The highest BCUT2D eigenvalue weighted by Crippen LogP contribution is 2.14.